The summed E-state index contributed by atoms with van der Waals surface area (Å²) >= 11 is 2.20. The van der Waals surface area contributed by atoms with E-state index in [0.29, 0.717) is 5.56 Å². The number of aryl methyl sites for hydroxylation is 1. The summed E-state index contributed by atoms with van der Waals surface area (Å²) in [6.07, 6.45) is 1.99. The van der Waals surface area contributed by atoms with E-state index in [0.717, 1.165) is 20.2 Å². The van der Waals surface area contributed by atoms with Crippen molar-refractivity contribution in [3.05, 3.63) is 63.9 Å². The Kier molecular flexibility index (Phi) is 3.48. The number of hydrogen-bond acceptors (Lipinski definition) is 1. The van der Waals surface area contributed by atoms with Crippen LogP contribution in [0.5, 0.6) is 0 Å². The van der Waals surface area contributed by atoms with Gasteiger partial charge in [-0.05, 0) is 59.0 Å². The molecule has 0 aliphatic carbocycles. The first-order valence-electron chi connectivity index (χ1n) is 6.26. The van der Waals surface area contributed by atoms with Gasteiger partial charge in [0.25, 0.3) is 5.91 Å². The number of carbonyl (C=O) groups is 1. The summed E-state index contributed by atoms with van der Waals surface area (Å²) in [5.41, 5.74) is 2.61. The molecule has 4 heteroatoms. The van der Waals surface area contributed by atoms with Gasteiger partial charge in [0.1, 0.15) is 0 Å². The van der Waals surface area contributed by atoms with E-state index in [1.165, 1.54) is 0 Å². The molecule has 0 saturated carbocycles. The third-order valence-electron chi connectivity index (χ3n) is 3.26. The summed E-state index contributed by atoms with van der Waals surface area (Å²) in [5, 5.41) is 4.04. The van der Waals surface area contributed by atoms with Crippen LogP contribution in [0.1, 0.15) is 10.4 Å². The van der Waals surface area contributed by atoms with Crippen LogP contribution in [0.25, 0.3) is 10.9 Å². The molecule has 2 aromatic carbocycles. The van der Waals surface area contributed by atoms with Gasteiger partial charge in [0.15, 0.2) is 0 Å². The number of benzene rings is 2. The molecule has 1 aromatic heterocycles. The molecule has 1 N–H and O–H groups in total. The highest BCUT2D eigenvalue weighted by atomic mass is 127. The van der Waals surface area contributed by atoms with E-state index in [-0.39, 0.29) is 5.91 Å². The minimum Gasteiger partial charge on any atom is -0.350 e. The average Bonchev–Trinajstić information content (AvgIpc) is 2.82. The van der Waals surface area contributed by atoms with Gasteiger partial charge in [0.2, 0.25) is 0 Å². The van der Waals surface area contributed by atoms with Crippen molar-refractivity contribution in [1.82, 2.24) is 4.57 Å². The first-order valence-corrected chi connectivity index (χ1v) is 7.34. The Labute approximate surface area is 130 Å². The second-order valence-electron chi connectivity index (χ2n) is 4.63. The van der Waals surface area contributed by atoms with Crippen LogP contribution in [-0.2, 0) is 7.05 Å². The standard InChI is InChI=1S/C16H13IN2O/c1-19-9-8-13-14(6-3-7-15(13)19)18-16(20)11-4-2-5-12(17)10-11/h2-10H,1H3,(H,18,20). The molecule has 0 aliphatic rings. The van der Waals surface area contributed by atoms with Gasteiger partial charge in [-0.3, -0.25) is 4.79 Å². The van der Waals surface area contributed by atoms with Crippen molar-refractivity contribution in [3.8, 4) is 0 Å². The number of nitrogens with one attached hydrogen (secondary N) is 1. The second kappa shape index (κ2) is 5.28. The van der Waals surface area contributed by atoms with Crippen molar-refractivity contribution < 1.29 is 4.79 Å². The lowest BCUT2D eigenvalue weighted by Crippen LogP contribution is -2.12. The molecule has 3 rings (SSSR count). The molecule has 1 amide bonds. The predicted molar refractivity (Wildman–Crippen MR) is 90.0 cm³/mol. The number of hydrogen-bond donors (Lipinski definition) is 1. The smallest absolute Gasteiger partial charge is 0.255 e. The normalized spacial score (nSPS) is 10.7. The molecule has 100 valence electrons. The zero-order chi connectivity index (χ0) is 14.1. The van der Waals surface area contributed by atoms with Gasteiger partial charge in [-0.2, -0.15) is 0 Å². The monoisotopic (exact) mass is 376 g/mol. The van der Waals surface area contributed by atoms with Crippen LogP contribution in [0.4, 0.5) is 5.69 Å². The molecule has 0 radical (unpaired) electrons. The number of anilines is 1. The third-order valence-corrected chi connectivity index (χ3v) is 3.93. The van der Waals surface area contributed by atoms with Crippen LogP contribution in [0, 0.1) is 3.57 Å². The van der Waals surface area contributed by atoms with E-state index in [9.17, 15) is 4.79 Å². The summed E-state index contributed by atoms with van der Waals surface area (Å²) in [6.45, 7) is 0. The number of halogens is 1. The number of amides is 1. The molecule has 20 heavy (non-hydrogen) atoms. The lowest BCUT2D eigenvalue weighted by molar-refractivity contribution is 0.102. The summed E-state index contributed by atoms with van der Waals surface area (Å²) in [5.74, 6) is -0.0835. The van der Waals surface area contributed by atoms with Crippen molar-refractivity contribution in [3.63, 3.8) is 0 Å². The van der Waals surface area contributed by atoms with Crippen molar-refractivity contribution >= 4 is 45.1 Å². The fourth-order valence-corrected chi connectivity index (χ4v) is 2.78. The van der Waals surface area contributed by atoms with Crippen molar-refractivity contribution in [2.75, 3.05) is 5.32 Å². The van der Waals surface area contributed by atoms with Crippen LogP contribution in [0.2, 0.25) is 0 Å². The van der Waals surface area contributed by atoms with Crippen LogP contribution in [-0.4, -0.2) is 10.5 Å². The van der Waals surface area contributed by atoms with E-state index in [4.69, 9.17) is 0 Å². The van der Waals surface area contributed by atoms with E-state index in [1.807, 2.05) is 66.3 Å². The SMILES string of the molecule is Cn1ccc2c(NC(=O)c3cccc(I)c3)cccc21. The van der Waals surface area contributed by atoms with Gasteiger partial charge in [0.05, 0.1) is 5.69 Å². The van der Waals surface area contributed by atoms with Gasteiger partial charge >= 0.3 is 0 Å². The number of nitrogens with zero attached hydrogens (tertiary/aromatic N) is 1. The highest BCUT2D eigenvalue weighted by Crippen LogP contribution is 2.24. The minimum atomic E-state index is -0.0835. The molecule has 0 bridgehead atoms. The third kappa shape index (κ3) is 2.43. The number of rotatable bonds is 2. The van der Waals surface area contributed by atoms with Crippen LogP contribution >= 0.6 is 22.6 Å². The fraction of sp³-hybridized carbons (Fsp3) is 0.0625. The first kappa shape index (κ1) is 13.2. The fourth-order valence-electron chi connectivity index (χ4n) is 2.24. The lowest BCUT2D eigenvalue weighted by atomic mass is 10.2. The maximum Gasteiger partial charge on any atom is 0.255 e. The van der Waals surface area contributed by atoms with Crippen LogP contribution < -0.4 is 5.32 Å². The van der Waals surface area contributed by atoms with E-state index in [1.54, 1.807) is 0 Å². The molecule has 0 unspecified atom stereocenters. The first-order chi connectivity index (χ1) is 9.65. The van der Waals surface area contributed by atoms with E-state index < -0.39 is 0 Å². The topological polar surface area (TPSA) is 34.0 Å². The zero-order valence-corrected chi connectivity index (χ0v) is 13.1. The molecule has 0 fully saturated rings. The number of fused-ring (bicyclic) bond motifs is 1. The van der Waals surface area contributed by atoms with Gasteiger partial charge in [-0.15, -0.1) is 0 Å². The van der Waals surface area contributed by atoms with E-state index >= 15 is 0 Å². The molecule has 1 heterocycles. The highest BCUT2D eigenvalue weighted by Gasteiger charge is 2.09. The maximum absolute atomic E-state index is 12.3. The van der Waals surface area contributed by atoms with Gasteiger partial charge in [0, 0.05) is 33.3 Å². The predicted octanol–water partition coefficient (Wildman–Crippen LogP) is 4.04. The Hall–Kier alpha value is -1.82. The Morgan fingerprint density at radius 2 is 1.95 bits per heavy atom. The number of carbonyl (C=O) groups excluding carboxylic acids is 1. The van der Waals surface area contributed by atoms with Crippen molar-refractivity contribution in [2.24, 2.45) is 7.05 Å². The van der Waals surface area contributed by atoms with Crippen LogP contribution in [0.15, 0.2) is 54.7 Å². The second-order valence-corrected chi connectivity index (χ2v) is 5.88. The highest BCUT2D eigenvalue weighted by molar-refractivity contribution is 14.1. The van der Waals surface area contributed by atoms with Gasteiger partial charge < -0.3 is 9.88 Å². The maximum atomic E-state index is 12.3. The molecule has 0 spiro atoms. The molecule has 3 nitrogen and oxygen atoms in total. The van der Waals surface area contributed by atoms with Gasteiger partial charge in [-0.1, -0.05) is 12.1 Å². The Bertz CT molecular complexity index is 792. The molecular formula is C16H13IN2O. The Balaban J connectivity index is 1.95. The van der Waals surface area contributed by atoms with Crippen molar-refractivity contribution in [1.29, 1.82) is 0 Å². The average molecular weight is 376 g/mol. The molecule has 3 aromatic rings. The molecular weight excluding hydrogens is 363 g/mol. The molecule has 0 aliphatic heterocycles. The minimum absolute atomic E-state index is 0.0835. The Morgan fingerprint density at radius 1 is 1.15 bits per heavy atom. The van der Waals surface area contributed by atoms with Crippen LogP contribution in [0.3, 0.4) is 0 Å². The largest absolute Gasteiger partial charge is 0.350 e. The Morgan fingerprint density at radius 3 is 2.75 bits per heavy atom. The lowest BCUT2D eigenvalue weighted by Gasteiger charge is -2.07. The summed E-state index contributed by atoms with van der Waals surface area (Å²) in [4.78, 5) is 12.3. The van der Waals surface area contributed by atoms with E-state index in [2.05, 4.69) is 27.9 Å². The molecule has 0 saturated heterocycles. The zero-order valence-electron chi connectivity index (χ0n) is 10.9. The quantitative estimate of drug-likeness (QED) is 0.674. The summed E-state index contributed by atoms with van der Waals surface area (Å²) in [6, 6.07) is 15.5. The van der Waals surface area contributed by atoms with Gasteiger partial charge in [-0.25, -0.2) is 0 Å². The summed E-state index contributed by atoms with van der Waals surface area (Å²) < 4.78 is 3.09. The van der Waals surface area contributed by atoms with Crippen molar-refractivity contribution in [2.45, 2.75) is 0 Å². The summed E-state index contributed by atoms with van der Waals surface area (Å²) in [7, 11) is 1.99. The number of aromatic nitrogens is 1. The molecule has 0 atom stereocenters.